The normalized spacial score (nSPS) is 10.6. The standard InChI is InChI=1S/C14H9N3O3/c18-11-4-1-9(2-5-11)14-8-15-13-7-10(17(19)20)3-6-12(13)16-14/h1-8,18H. The van der Waals surface area contributed by atoms with Crippen LogP contribution in [0.25, 0.3) is 22.3 Å². The summed E-state index contributed by atoms with van der Waals surface area (Å²) in [7, 11) is 0. The Labute approximate surface area is 113 Å². The number of benzene rings is 2. The van der Waals surface area contributed by atoms with Gasteiger partial charge in [-0.25, -0.2) is 4.98 Å². The van der Waals surface area contributed by atoms with E-state index in [1.165, 1.54) is 12.1 Å². The molecule has 0 amide bonds. The minimum Gasteiger partial charge on any atom is -0.508 e. The Morgan fingerprint density at radius 1 is 1.05 bits per heavy atom. The molecular weight excluding hydrogens is 258 g/mol. The van der Waals surface area contributed by atoms with Gasteiger partial charge in [-0.1, -0.05) is 0 Å². The van der Waals surface area contributed by atoms with Gasteiger partial charge in [-0.15, -0.1) is 0 Å². The van der Waals surface area contributed by atoms with Crippen LogP contribution in [0.15, 0.2) is 48.7 Å². The maximum atomic E-state index is 10.7. The molecular formula is C14H9N3O3. The van der Waals surface area contributed by atoms with Gasteiger partial charge in [-0.2, -0.15) is 0 Å². The topological polar surface area (TPSA) is 89.2 Å². The molecule has 0 aliphatic carbocycles. The average Bonchev–Trinajstić information content (AvgIpc) is 2.47. The lowest BCUT2D eigenvalue weighted by molar-refractivity contribution is -0.384. The molecule has 20 heavy (non-hydrogen) atoms. The molecule has 0 saturated carbocycles. The second-order valence-corrected chi connectivity index (χ2v) is 4.23. The minimum absolute atomic E-state index is 0.0100. The van der Waals surface area contributed by atoms with Crippen LogP contribution >= 0.6 is 0 Å². The molecule has 6 nitrogen and oxygen atoms in total. The highest BCUT2D eigenvalue weighted by Gasteiger charge is 2.09. The molecule has 0 spiro atoms. The van der Waals surface area contributed by atoms with E-state index in [1.807, 2.05) is 0 Å². The summed E-state index contributed by atoms with van der Waals surface area (Å²) in [5.74, 6) is 0.179. The molecule has 3 aromatic rings. The fourth-order valence-corrected chi connectivity index (χ4v) is 1.88. The van der Waals surface area contributed by atoms with Crippen molar-refractivity contribution < 1.29 is 10.0 Å². The number of aromatic nitrogens is 2. The van der Waals surface area contributed by atoms with Crippen molar-refractivity contribution in [2.75, 3.05) is 0 Å². The number of phenols is 1. The summed E-state index contributed by atoms with van der Waals surface area (Å²) in [5, 5.41) is 20.0. The fraction of sp³-hybridized carbons (Fsp3) is 0. The van der Waals surface area contributed by atoms with Gasteiger partial charge in [0.1, 0.15) is 5.75 Å². The van der Waals surface area contributed by atoms with E-state index in [2.05, 4.69) is 9.97 Å². The van der Waals surface area contributed by atoms with Crippen molar-refractivity contribution in [3.8, 4) is 17.0 Å². The van der Waals surface area contributed by atoms with Crippen molar-refractivity contribution in [3.05, 3.63) is 58.8 Å². The lowest BCUT2D eigenvalue weighted by Gasteiger charge is -2.03. The van der Waals surface area contributed by atoms with E-state index >= 15 is 0 Å². The van der Waals surface area contributed by atoms with E-state index < -0.39 is 4.92 Å². The van der Waals surface area contributed by atoms with Crippen LogP contribution in [0.1, 0.15) is 0 Å². The first-order valence-electron chi connectivity index (χ1n) is 5.84. The number of nitrogens with zero attached hydrogens (tertiary/aromatic N) is 3. The van der Waals surface area contributed by atoms with Crippen molar-refractivity contribution in [1.82, 2.24) is 9.97 Å². The van der Waals surface area contributed by atoms with Crippen LogP contribution in [0.2, 0.25) is 0 Å². The maximum absolute atomic E-state index is 10.7. The third kappa shape index (κ3) is 2.14. The smallest absolute Gasteiger partial charge is 0.271 e. The number of phenolic OH excluding ortho intramolecular Hbond substituents is 1. The zero-order valence-electron chi connectivity index (χ0n) is 10.2. The zero-order valence-corrected chi connectivity index (χ0v) is 10.2. The molecule has 0 unspecified atom stereocenters. The number of aromatic hydroxyl groups is 1. The summed E-state index contributed by atoms with van der Waals surface area (Å²) in [4.78, 5) is 18.8. The second kappa shape index (κ2) is 4.58. The molecule has 0 atom stereocenters. The van der Waals surface area contributed by atoms with Crippen molar-refractivity contribution in [2.45, 2.75) is 0 Å². The molecule has 6 heteroatoms. The predicted octanol–water partition coefficient (Wildman–Crippen LogP) is 2.91. The molecule has 1 N–H and O–H groups in total. The Kier molecular flexibility index (Phi) is 2.76. The molecule has 2 aromatic carbocycles. The average molecular weight is 267 g/mol. The van der Waals surface area contributed by atoms with E-state index in [9.17, 15) is 15.2 Å². The molecule has 98 valence electrons. The van der Waals surface area contributed by atoms with Gasteiger partial charge in [0, 0.05) is 17.7 Å². The molecule has 0 aliphatic rings. The number of hydrogen-bond donors (Lipinski definition) is 1. The highest BCUT2D eigenvalue weighted by Crippen LogP contribution is 2.23. The minimum atomic E-state index is -0.463. The number of fused-ring (bicyclic) bond motifs is 1. The largest absolute Gasteiger partial charge is 0.508 e. The summed E-state index contributed by atoms with van der Waals surface area (Å²) in [5.41, 5.74) is 2.51. The van der Waals surface area contributed by atoms with Gasteiger partial charge in [-0.3, -0.25) is 15.1 Å². The quantitative estimate of drug-likeness (QED) is 0.569. The van der Waals surface area contributed by atoms with E-state index in [0.717, 1.165) is 5.56 Å². The first kappa shape index (κ1) is 12.0. The van der Waals surface area contributed by atoms with Crippen LogP contribution in [-0.4, -0.2) is 20.0 Å². The van der Waals surface area contributed by atoms with Crippen LogP contribution in [0.3, 0.4) is 0 Å². The molecule has 0 bridgehead atoms. The summed E-state index contributed by atoms with van der Waals surface area (Å²) in [6.07, 6.45) is 1.55. The van der Waals surface area contributed by atoms with E-state index in [-0.39, 0.29) is 11.4 Å². The molecule has 0 saturated heterocycles. The zero-order chi connectivity index (χ0) is 14.1. The van der Waals surface area contributed by atoms with Crippen LogP contribution < -0.4 is 0 Å². The number of nitro groups is 1. The van der Waals surface area contributed by atoms with Gasteiger partial charge in [0.05, 0.1) is 27.8 Å². The number of hydrogen-bond acceptors (Lipinski definition) is 5. The second-order valence-electron chi connectivity index (χ2n) is 4.23. The van der Waals surface area contributed by atoms with Gasteiger partial charge in [0.25, 0.3) is 5.69 Å². The van der Waals surface area contributed by atoms with Crippen LogP contribution in [0, 0.1) is 10.1 Å². The number of nitro benzene ring substituents is 1. The Morgan fingerprint density at radius 2 is 1.80 bits per heavy atom. The summed E-state index contributed by atoms with van der Waals surface area (Å²) in [6.45, 7) is 0. The first-order valence-corrected chi connectivity index (χ1v) is 5.84. The number of non-ortho nitro benzene ring substituents is 1. The van der Waals surface area contributed by atoms with Crippen LogP contribution in [0.4, 0.5) is 5.69 Å². The monoisotopic (exact) mass is 267 g/mol. The van der Waals surface area contributed by atoms with Gasteiger partial charge in [0.2, 0.25) is 0 Å². The Bertz CT molecular complexity index is 800. The Hall–Kier alpha value is -3.02. The Balaban J connectivity index is 2.09. The Morgan fingerprint density at radius 3 is 2.50 bits per heavy atom. The lowest BCUT2D eigenvalue weighted by atomic mass is 10.1. The highest BCUT2D eigenvalue weighted by atomic mass is 16.6. The SMILES string of the molecule is O=[N+]([O-])c1ccc2nc(-c3ccc(O)cc3)cnc2c1. The molecule has 0 radical (unpaired) electrons. The molecule has 1 heterocycles. The maximum Gasteiger partial charge on any atom is 0.271 e. The molecule has 0 fully saturated rings. The van der Waals surface area contributed by atoms with Crippen molar-refractivity contribution >= 4 is 16.7 Å². The molecule has 1 aromatic heterocycles. The van der Waals surface area contributed by atoms with E-state index in [4.69, 9.17) is 0 Å². The van der Waals surface area contributed by atoms with Gasteiger partial charge in [0.15, 0.2) is 0 Å². The summed E-state index contributed by atoms with van der Waals surface area (Å²) in [6, 6.07) is 11.0. The molecule has 3 rings (SSSR count). The van der Waals surface area contributed by atoms with Crippen LogP contribution in [-0.2, 0) is 0 Å². The highest BCUT2D eigenvalue weighted by molar-refractivity contribution is 5.79. The van der Waals surface area contributed by atoms with Gasteiger partial charge < -0.3 is 5.11 Å². The van der Waals surface area contributed by atoms with Crippen molar-refractivity contribution in [2.24, 2.45) is 0 Å². The van der Waals surface area contributed by atoms with E-state index in [1.54, 1.807) is 36.5 Å². The predicted molar refractivity (Wildman–Crippen MR) is 73.3 cm³/mol. The van der Waals surface area contributed by atoms with Crippen molar-refractivity contribution in [1.29, 1.82) is 0 Å². The third-order valence-corrected chi connectivity index (χ3v) is 2.90. The fourth-order valence-electron chi connectivity index (χ4n) is 1.88. The summed E-state index contributed by atoms with van der Waals surface area (Å²) >= 11 is 0. The van der Waals surface area contributed by atoms with Crippen molar-refractivity contribution in [3.63, 3.8) is 0 Å². The number of rotatable bonds is 2. The van der Waals surface area contributed by atoms with E-state index in [0.29, 0.717) is 16.7 Å². The summed E-state index contributed by atoms with van der Waals surface area (Å²) < 4.78 is 0. The third-order valence-electron chi connectivity index (χ3n) is 2.90. The van der Waals surface area contributed by atoms with Gasteiger partial charge in [-0.05, 0) is 30.3 Å². The lowest BCUT2D eigenvalue weighted by Crippen LogP contribution is -1.91. The first-order chi connectivity index (χ1) is 9.63. The molecule has 0 aliphatic heterocycles. The van der Waals surface area contributed by atoms with Gasteiger partial charge >= 0.3 is 0 Å². The van der Waals surface area contributed by atoms with Crippen LogP contribution in [0.5, 0.6) is 5.75 Å².